The molecule has 1 aromatic carbocycles. The zero-order valence-corrected chi connectivity index (χ0v) is 6.12. The van der Waals surface area contributed by atoms with Crippen LogP contribution in [-0.4, -0.2) is 10.3 Å². The first-order valence-electron chi connectivity index (χ1n) is 3.46. The Labute approximate surface area is 67.4 Å². The fourth-order valence-electron chi connectivity index (χ4n) is 1.08. The number of aromatic nitrogens is 1. The van der Waals surface area contributed by atoms with E-state index in [9.17, 15) is 4.39 Å². The van der Waals surface area contributed by atoms with E-state index >= 15 is 0 Å². The van der Waals surface area contributed by atoms with Crippen LogP contribution in [0.25, 0.3) is 10.9 Å². The van der Waals surface area contributed by atoms with Crippen LogP contribution >= 0.6 is 0 Å². The van der Waals surface area contributed by atoms with Crippen LogP contribution in [0.4, 0.5) is 4.39 Å². The van der Waals surface area contributed by atoms with Crippen LogP contribution in [0, 0.1) is 5.82 Å². The Morgan fingerprint density at radius 3 is 3.08 bits per heavy atom. The first-order valence-corrected chi connectivity index (χ1v) is 3.46. The van der Waals surface area contributed by atoms with Crippen LogP contribution in [0.2, 0.25) is 0 Å². The predicted molar refractivity (Wildman–Crippen MR) is 39.9 cm³/mol. The molecule has 0 saturated carbocycles. The van der Waals surface area contributed by atoms with Gasteiger partial charge in [-0.15, -0.1) is 0 Å². The number of halogens is 1. The Kier molecular flexibility index (Phi) is 1.55. The van der Waals surface area contributed by atoms with Crippen molar-refractivity contribution in [2.45, 2.75) is 6.61 Å². The van der Waals surface area contributed by atoms with Gasteiger partial charge in [-0.1, -0.05) is 5.16 Å². The molecule has 2 rings (SSSR count). The third-order valence-electron chi connectivity index (χ3n) is 1.66. The van der Waals surface area contributed by atoms with Crippen LogP contribution in [0.15, 0.2) is 22.7 Å². The lowest BCUT2D eigenvalue weighted by atomic mass is 10.2. The quantitative estimate of drug-likeness (QED) is 0.699. The maximum atomic E-state index is 12.7. The van der Waals surface area contributed by atoms with E-state index < -0.39 is 0 Å². The fraction of sp³-hybridized carbons (Fsp3) is 0.125. The van der Waals surface area contributed by atoms with E-state index in [4.69, 9.17) is 9.63 Å². The molecule has 0 amide bonds. The normalized spacial score (nSPS) is 10.8. The van der Waals surface area contributed by atoms with E-state index in [2.05, 4.69) is 5.16 Å². The molecule has 12 heavy (non-hydrogen) atoms. The largest absolute Gasteiger partial charge is 0.388 e. The number of aliphatic hydroxyl groups excluding tert-OH is 1. The van der Waals surface area contributed by atoms with E-state index in [0.717, 1.165) is 0 Å². The summed E-state index contributed by atoms with van der Waals surface area (Å²) < 4.78 is 17.4. The zero-order valence-electron chi connectivity index (χ0n) is 6.12. The van der Waals surface area contributed by atoms with E-state index in [1.54, 1.807) is 0 Å². The highest BCUT2D eigenvalue weighted by atomic mass is 19.1. The third kappa shape index (κ3) is 0.967. The Balaban J connectivity index is 2.75. The van der Waals surface area contributed by atoms with Crippen molar-refractivity contribution in [2.24, 2.45) is 0 Å². The van der Waals surface area contributed by atoms with Crippen LogP contribution in [0.5, 0.6) is 0 Å². The molecule has 1 aromatic heterocycles. The summed E-state index contributed by atoms with van der Waals surface area (Å²) in [4.78, 5) is 0. The Bertz CT molecular complexity index is 410. The highest BCUT2D eigenvalue weighted by molar-refractivity contribution is 5.80. The minimum atomic E-state index is -0.361. The van der Waals surface area contributed by atoms with E-state index in [0.29, 0.717) is 16.7 Å². The van der Waals surface area contributed by atoms with Crippen LogP contribution in [-0.2, 0) is 6.61 Å². The number of hydrogen-bond donors (Lipinski definition) is 1. The number of fused-ring (bicyclic) bond motifs is 1. The van der Waals surface area contributed by atoms with Gasteiger partial charge in [0.25, 0.3) is 0 Å². The van der Waals surface area contributed by atoms with E-state index in [1.807, 2.05) is 0 Å². The van der Waals surface area contributed by atoms with Crippen molar-refractivity contribution in [3.05, 3.63) is 29.8 Å². The molecule has 1 N–H and O–H groups in total. The summed E-state index contributed by atoms with van der Waals surface area (Å²) in [5, 5.41) is 12.9. The predicted octanol–water partition coefficient (Wildman–Crippen LogP) is 1.46. The van der Waals surface area contributed by atoms with Crippen molar-refractivity contribution >= 4 is 10.9 Å². The summed E-state index contributed by atoms with van der Waals surface area (Å²) in [6.07, 6.45) is 0. The van der Waals surface area contributed by atoms with Crippen molar-refractivity contribution in [1.29, 1.82) is 0 Å². The second-order valence-electron chi connectivity index (χ2n) is 2.43. The summed E-state index contributed by atoms with van der Waals surface area (Å²) in [5.41, 5.74) is 0.556. The number of aliphatic hydroxyl groups is 1. The molecule has 0 unspecified atom stereocenters. The van der Waals surface area contributed by atoms with Gasteiger partial charge in [-0.05, 0) is 18.2 Å². The maximum absolute atomic E-state index is 12.7. The smallest absolute Gasteiger partial charge is 0.170 e. The monoisotopic (exact) mass is 167 g/mol. The topological polar surface area (TPSA) is 46.3 Å². The van der Waals surface area contributed by atoms with Gasteiger partial charge in [-0.3, -0.25) is 0 Å². The molecule has 0 spiro atoms. The van der Waals surface area contributed by atoms with Crippen LogP contribution in [0.3, 0.4) is 0 Å². The van der Waals surface area contributed by atoms with Gasteiger partial charge in [-0.25, -0.2) is 4.39 Å². The van der Waals surface area contributed by atoms with Crippen molar-refractivity contribution in [3.63, 3.8) is 0 Å². The second-order valence-corrected chi connectivity index (χ2v) is 2.43. The summed E-state index contributed by atoms with van der Waals surface area (Å²) >= 11 is 0. The summed E-state index contributed by atoms with van der Waals surface area (Å²) in [6.45, 7) is -0.264. The molecular formula is C8H6FNO2. The molecule has 62 valence electrons. The minimum Gasteiger partial charge on any atom is -0.388 e. The second kappa shape index (κ2) is 2.57. The molecule has 1 heterocycles. The standard InChI is InChI=1S/C8H6FNO2/c9-5-1-2-7-6(3-5)8(4-11)12-10-7/h1-3,11H,4H2. The molecule has 0 aliphatic carbocycles. The molecule has 0 fully saturated rings. The lowest BCUT2D eigenvalue weighted by Gasteiger charge is -1.88. The van der Waals surface area contributed by atoms with Gasteiger partial charge in [0.15, 0.2) is 5.76 Å². The molecule has 0 aliphatic rings. The summed E-state index contributed by atoms with van der Waals surface area (Å²) in [6, 6.07) is 4.09. The molecule has 4 heteroatoms. The third-order valence-corrected chi connectivity index (χ3v) is 1.66. The van der Waals surface area contributed by atoms with Gasteiger partial charge in [0.05, 0.1) is 5.39 Å². The molecule has 0 bridgehead atoms. The van der Waals surface area contributed by atoms with E-state index in [1.165, 1.54) is 18.2 Å². The zero-order chi connectivity index (χ0) is 8.55. The number of hydrogen-bond acceptors (Lipinski definition) is 3. The molecular weight excluding hydrogens is 161 g/mol. The number of rotatable bonds is 1. The number of benzene rings is 1. The maximum Gasteiger partial charge on any atom is 0.170 e. The lowest BCUT2D eigenvalue weighted by molar-refractivity contribution is 0.232. The molecule has 0 saturated heterocycles. The lowest BCUT2D eigenvalue weighted by Crippen LogP contribution is -1.79. The SMILES string of the molecule is OCc1onc2ccc(F)cc12. The average molecular weight is 167 g/mol. The molecule has 0 radical (unpaired) electrons. The highest BCUT2D eigenvalue weighted by Crippen LogP contribution is 2.18. The van der Waals surface area contributed by atoms with Gasteiger partial charge in [0.2, 0.25) is 0 Å². The van der Waals surface area contributed by atoms with E-state index in [-0.39, 0.29) is 12.4 Å². The Morgan fingerprint density at radius 2 is 2.33 bits per heavy atom. The van der Waals surface area contributed by atoms with Crippen LogP contribution < -0.4 is 0 Å². The fourth-order valence-corrected chi connectivity index (χ4v) is 1.08. The Morgan fingerprint density at radius 1 is 1.50 bits per heavy atom. The Hall–Kier alpha value is -1.42. The van der Waals surface area contributed by atoms with Gasteiger partial charge < -0.3 is 9.63 Å². The molecule has 2 aromatic rings. The molecule has 3 nitrogen and oxygen atoms in total. The van der Waals surface area contributed by atoms with Gasteiger partial charge in [0, 0.05) is 0 Å². The molecule has 0 atom stereocenters. The number of nitrogens with zero attached hydrogens (tertiary/aromatic N) is 1. The minimum absolute atomic E-state index is 0.264. The summed E-state index contributed by atoms with van der Waals surface area (Å²) in [7, 11) is 0. The van der Waals surface area contributed by atoms with Crippen LogP contribution in [0.1, 0.15) is 5.76 Å². The molecule has 0 aliphatic heterocycles. The summed E-state index contributed by atoms with van der Waals surface area (Å²) in [5.74, 6) is -0.0649. The average Bonchev–Trinajstić information content (AvgIpc) is 2.46. The van der Waals surface area contributed by atoms with Crippen molar-refractivity contribution in [3.8, 4) is 0 Å². The van der Waals surface area contributed by atoms with Crippen molar-refractivity contribution < 1.29 is 14.0 Å². The van der Waals surface area contributed by atoms with Gasteiger partial charge in [-0.2, -0.15) is 0 Å². The highest BCUT2D eigenvalue weighted by Gasteiger charge is 2.06. The van der Waals surface area contributed by atoms with Crippen molar-refractivity contribution in [2.75, 3.05) is 0 Å². The first kappa shape index (κ1) is 7.24. The van der Waals surface area contributed by atoms with Gasteiger partial charge >= 0.3 is 0 Å². The van der Waals surface area contributed by atoms with Gasteiger partial charge in [0.1, 0.15) is 17.9 Å². The van der Waals surface area contributed by atoms with Crippen molar-refractivity contribution in [1.82, 2.24) is 5.16 Å². The first-order chi connectivity index (χ1) is 5.81.